The molecule has 10 rings (SSSR count). The van der Waals surface area contributed by atoms with Crippen LogP contribution < -0.4 is 4.90 Å². The Balaban J connectivity index is 1.17. The van der Waals surface area contributed by atoms with Crippen molar-refractivity contribution >= 4 is 27.8 Å². The summed E-state index contributed by atoms with van der Waals surface area (Å²) in [6.07, 6.45) is 0. The molecule has 1 heteroatoms. The molecule has 59 heavy (non-hydrogen) atoms. The van der Waals surface area contributed by atoms with Crippen molar-refractivity contribution in [3.8, 4) is 66.8 Å². The van der Waals surface area contributed by atoms with Gasteiger partial charge in [0.15, 0.2) is 0 Å². The minimum atomic E-state index is -0.405. The Kier molecular flexibility index (Phi) is 7.54. The van der Waals surface area contributed by atoms with Crippen LogP contribution in [0.25, 0.3) is 77.5 Å². The lowest BCUT2D eigenvalue weighted by Gasteiger charge is -2.28. The van der Waals surface area contributed by atoms with Crippen LogP contribution in [-0.2, 0) is 0 Å². The highest BCUT2D eigenvalue weighted by Gasteiger charge is 2.18. The van der Waals surface area contributed by atoms with Crippen molar-refractivity contribution in [2.24, 2.45) is 0 Å². The van der Waals surface area contributed by atoms with Crippen molar-refractivity contribution in [1.82, 2.24) is 0 Å². The van der Waals surface area contributed by atoms with Crippen LogP contribution in [0, 0.1) is 0 Å². The molecular formula is C58H41N. The van der Waals surface area contributed by atoms with Crippen molar-refractivity contribution in [3.63, 3.8) is 0 Å². The zero-order valence-corrected chi connectivity index (χ0v) is 32.0. The molecule has 0 radical (unpaired) electrons. The van der Waals surface area contributed by atoms with Crippen LogP contribution in [0.1, 0.15) is 11.0 Å². The van der Waals surface area contributed by atoms with E-state index in [2.05, 4.69) is 6.07 Å². The van der Waals surface area contributed by atoms with Crippen LogP contribution in [-0.4, -0.2) is 0 Å². The van der Waals surface area contributed by atoms with Crippen molar-refractivity contribution < 1.29 is 11.0 Å². The Labute approximate surface area is 358 Å². The average Bonchev–Trinajstić information content (AvgIpc) is 3.38. The molecule has 0 bridgehead atoms. The van der Waals surface area contributed by atoms with Crippen LogP contribution in [0.2, 0.25) is 0 Å². The van der Waals surface area contributed by atoms with Crippen LogP contribution in [0.5, 0.6) is 0 Å². The maximum atomic E-state index is 9.74. The highest BCUT2D eigenvalue weighted by Crippen LogP contribution is 2.42. The second kappa shape index (κ2) is 16.0. The van der Waals surface area contributed by atoms with Gasteiger partial charge in [-0.1, -0.05) is 200 Å². The van der Waals surface area contributed by atoms with E-state index >= 15 is 0 Å². The fourth-order valence-corrected chi connectivity index (χ4v) is 7.57. The second-order valence-corrected chi connectivity index (χ2v) is 14.3. The predicted molar refractivity (Wildman–Crippen MR) is 251 cm³/mol. The number of rotatable bonds is 9. The zero-order valence-electron chi connectivity index (χ0n) is 40.0. The number of hydrogen-bond acceptors (Lipinski definition) is 1. The van der Waals surface area contributed by atoms with Crippen LogP contribution in [0.15, 0.2) is 249 Å². The zero-order chi connectivity index (χ0) is 46.3. The molecule has 0 heterocycles. The van der Waals surface area contributed by atoms with Crippen molar-refractivity contribution in [1.29, 1.82) is 0 Å². The first-order valence-corrected chi connectivity index (χ1v) is 19.6. The first-order chi connectivity index (χ1) is 32.6. The lowest BCUT2D eigenvalue weighted by molar-refractivity contribution is 1.28. The summed E-state index contributed by atoms with van der Waals surface area (Å²) in [6.45, 7) is 0. The predicted octanol–water partition coefficient (Wildman–Crippen LogP) is 16.3. The molecule has 0 atom stereocenters. The van der Waals surface area contributed by atoms with Gasteiger partial charge in [-0.05, 0) is 120 Å². The SMILES string of the molecule is [2H]c1c([2H])c(N(c2ccccc2-c2ccc(-c3ccccc3)cc2)c2c([2H])c([2H])c(-c3cccc(-c4ccc5ccccc5c4)c3)c([2H])c2[2H])c([2H])c([2H])c1-c1cccc(-c2ccccc2)c1. The summed E-state index contributed by atoms with van der Waals surface area (Å²) < 4.78 is 77.1. The standard InChI is InChI=1S/C58H41N/c1-3-13-42(14-4-1)45-25-28-48(29-26-45)57-23-9-10-24-58(57)59(55-35-31-46(32-36-55)51-20-11-19-50(39-51)43-15-5-2-6-16-43)56-37-33-47(34-38-56)52-21-12-22-53(40-52)54-30-27-44-17-7-8-18-49(44)41-54/h1-41H/i31D,32D,33D,34D,35D,36D,37D,38D. The molecule has 0 spiro atoms. The van der Waals surface area contributed by atoms with Crippen LogP contribution in [0.4, 0.5) is 17.1 Å². The highest BCUT2D eigenvalue weighted by atomic mass is 15.1. The van der Waals surface area contributed by atoms with Gasteiger partial charge in [0.1, 0.15) is 0 Å². The van der Waals surface area contributed by atoms with Gasteiger partial charge in [0.25, 0.3) is 0 Å². The summed E-state index contributed by atoms with van der Waals surface area (Å²) in [5.41, 5.74) is 8.06. The lowest BCUT2D eigenvalue weighted by Crippen LogP contribution is -2.11. The molecule has 0 aromatic heterocycles. The third-order valence-electron chi connectivity index (χ3n) is 10.6. The number of fused-ring (bicyclic) bond motifs is 1. The molecule has 0 aliphatic rings. The van der Waals surface area contributed by atoms with Gasteiger partial charge in [0.2, 0.25) is 0 Å². The molecule has 10 aromatic carbocycles. The molecule has 0 aliphatic heterocycles. The Morgan fingerprint density at radius 3 is 1.24 bits per heavy atom. The molecule has 0 saturated heterocycles. The third kappa shape index (κ3) is 7.46. The largest absolute Gasteiger partial charge is 0.310 e. The molecule has 0 N–H and O–H groups in total. The molecular weight excluding hydrogens is 711 g/mol. The lowest BCUT2D eigenvalue weighted by atomic mass is 9.96. The molecule has 278 valence electrons. The third-order valence-corrected chi connectivity index (χ3v) is 10.6. The van der Waals surface area contributed by atoms with Crippen molar-refractivity contribution in [2.75, 3.05) is 4.90 Å². The quantitative estimate of drug-likeness (QED) is 0.142. The normalized spacial score (nSPS) is 12.9. The fourth-order valence-electron chi connectivity index (χ4n) is 7.57. The maximum absolute atomic E-state index is 9.74. The first kappa shape index (κ1) is 27.8. The van der Waals surface area contributed by atoms with Gasteiger partial charge in [-0.15, -0.1) is 0 Å². The Morgan fingerprint density at radius 2 is 0.644 bits per heavy atom. The minimum Gasteiger partial charge on any atom is -0.310 e. The van der Waals surface area contributed by atoms with Gasteiger partial charge in [0.05, 0.1) is 16.7 Å². The average molecular weight is 760 g/mol. The van der Waals surface area contributed by atoms with E-state index in [1.807, 2.05) is 170 Å². The van der Waals surface area contributed by atoms with E-state index in [9.17, 15) is 11.0 Å². The number of hydrogen-bond donors (Lipinski definition) is 0. The van der Waals surface area contributed by atoms with Crippen molar-refractivity contribution in [3.05, 3.63) is 249 Å². The number of para-hydroxylation sites is 1. The van der Waals surface area contributed by atoms with Gasteiger partial charge >= 0.3 is 0 Å². The number of nitrogens with zero attached hydrogens (tertiary/aromatic N) is 1. The Morgan fingerprint density at radius 1 is 0.254 bits per heavy atom. The van der Waals surface area contributed by atoms with Crippen LogP contribution >= 0.6 is 0 Å². The number of anilines is 3. The Hall–Kier alpha value is -7.74. The smallest absolute Gasteiger partial charge is 0.0645 e. The fraction of sp³-hybridized carbons (Fsp3) is 0. The Bertz CT molecular complexity index is 3440. The molecule has 10 aromatic rings. The second-order valence-electron chi connectivity index (χ2n) is 14.3. The summed E-state index contributed by atoms with van der Waals surface area (Å²) in [5, 5.41) is 2.16. The van der Waals surface area contributed by atoms with E-state index in [1.165, 1.54) is 4.90 Å². The van der Waals surface area contributed by atoms with Gasteiger partial charge in [-0.3, -0.25) is 0 Å². The molecule has 0 saturated carbocycles. The van der Waals surface area contributed by atoms with Crippen molar-refractivity contribution in [2.45, 2.75) is 0 Å². The topological polar surface area (TPSA) is 3.24 Å². The van der Waals surface area contributed by atoms with Crippen LogP contribution in [0.3, 0.4) is 0 Å². The summed E-state index contributed by atoms with van der Waals surface area (Å²) in [6, 6.07) is 61.0. The van der Waals surface area contributed by atoms with Gasteiger partial charge in [0, 0.05) is 16.9 Å². The number of benzene rings is 10. The first-order valence-electron chi connectivity index (χ1n) is 23.6. The molecule has 0 aliphatic carbocycles. The van der Waals surface area contributed by atoms with Gasteiger partial charge < -0.3 is 4.90 Å². The minimum absolute atomic E-state index is 0.0966. The molecule has 0 amide bonds. The van der Waals surface area contributed by atoms with E-state index in [4.69, 9.17) is 0 Å². The van der Waals surface area contributed by atoms with E-state index in [1.54, 1.807) is 24.3 Å². The summed E-state index contributed by atoms with van der Waals surface area (Å²) in [5.74, 6) is 0. The van der Waals surface area contributed by atoms with E-state index in [-0.39, 0.29) is 46.7 Å². The summed E-state index contributed by atoms with van der Waals surface area (Å²) >= 11 is 0. The van der Waals surface area contributed by atoms with E-state index in [0.29, 0.717) is 22.4 Å². The molecule has 1 nitrogen and oxygen atoms in total. The van der Waals surface area contributed by atoms with Gasteiger partial charge in [-0.25, -0.2) is 0 Å². The molecule has 0 unspecified atom stereocenters. The highest BCUT2D eigenvalue weighted by molar-refractivity contribution is 5.91. The summed E-state index contributed by atoms with van der Waals surface area (Å²) in [4.78, 5) is 1.39. The van der Waals surface area contributed by atoms with Gasteiger partial charge in [-0.2, -0.15) is 0 Å². The van der Waals surface area contributed by atoms with E-state index in [0.717, 1.165) is 49.7 Å². The molecule has 0 fully saturated rings. The van der Waals surface area contributed by atoms with E-state index < -0.39 is 24.2 Å². The maximum Gasteiger partial charge on any atom is 0.0645 e. The summed E-state index contributed by atoms with van der Waals surface area (Å²) in [7, 11) is 0. The monoisotopic (exact) mass is 759 g/mol.